The Balaban J connectivity index is 2.25. The summed E-state index contributed by atoms with van der Waals surface area (Å²) in [5.74, 6) is -1.74. The molecule has 2 aliphatic rings. The van der Waals surface area contributed by atoms with Crippen molar-refractivity contribution in [1.82, 2.24) is 0 Å². The number of ether oxygens (including phenoxy) is 3. The molecule has 0 aliphatic carbocycles. The fourth-order valence-electron chi connectivity index (χ4n) is 3.24. The number of carbonyl (C=O) groups is 2. The minimum atomic E-state index is -4.32. The van der Waals surface area contributed by atoms with Crippen LogP contribution in [-0.2, 0) is 33.6 Å². The highest BCUT2D eigenvalue weighted by Gasteiger charge is 2.63. The van der Waals surface area contributed by atoms with Gasteiger partial charge < -0.3 is 14.2 Å². The highest BCUT2D eigenvalue weighted by atomic mass is 32.2. The van der Waals surface area contributed by atoms with Gasteiger partial charge in [0.05, 0.1) is 30.3 Å². The smallest absolute Gasteiger partial charge is 0.359 e. The number of sulfone groups is 1. The Bertz CT molecular complexity index is 841. The summed E-state index contributed by atoms with van der Waals surface area (Å²) >= 11 is 0. The van der Waals surface area contributed by atoms with Gasteiger partial charge in [-0.3, -0.25) is 0 Å². The van der Waals surface area contributed by atoms with E-state index in [1.807, 2.05) is 0 Å². The van der Waals surface area contributed by atoms with Crippen molar-refractivity contribution in [1.29, 1.82) is 0 Å². The molecule has 0 bridgehead atoms. The van der Waals surface area contributed by atoms with E-state index in [-0.39, 0.29) is 22.6 Å². The van der Waals surface area contributed by atoms with Gasteiger partial charge in [-0.25, -0.2) is 18.0 Å². The van der Waals surface area contributed by atoms with Crippen LogP contribution < -0.4 is 0 Å². The quantitative estimate of drug-likeness (QED) is 0.746. The van der Waals surface area contributed by atoms with Crippen LogP contribution in [0.1, 0.15) is 19.8 Å². The van der Waals surface area contributed by atoms with Crippen LogP contribution in [-0.4, -0.2) is 45.1 Å². The Morgan fingerprint density at radius 2 is 1.96 bits per heavy atom. The van der Waals surface area contributed by atoms with Crippen molar-refractivity contribution >= 4 is 21.8 Å². The molecule has 0 saturated carbocycles. The summed E-state index contributed by atoms with van der Waals surface area (Å²) in [7, 11) is -3.24. The Morgan fingerprint density at radius 3 is 2.60 bits per heavy atom. The van der Waals surface area contributed by atoms with E-state index in [9.17, 15) is 18.0 Å². The molecule has 2 heterocycles. The first-order chi connectivity index (χ1) is 11.9. The molecule has 25 heavy (non-hydrogen) atoms. The largest absolute Gasteiger partial charge is 0.466 e. The summed E-state index contributed by atoms with van der Waals surface area (Å²) in [6.45, 7) is 1.63. The molecule has 0 N–H and O–H groups in total. The van der Waals surface area contributed by atoms with E-state index in [2.05, 4.69) is 0 Å². The molecular formula is C17H18O7S. The predicted molar refractivity (Wildman–Crippen MR) is 86.1 cm³/mol. The van der Waals surface area contributed by atoms with Crippen LogP contribution in [0.25, 0.3) is 0 Å². The Hall–Kier alpha value is -2.19. The van der Waals surface area contributed by atoms with Crippen LogP contribution in [0.4, 0.5) is 0 Å². The Kier molecular flexibility index (Phi) is 4.42. The monoisotopic (exact) mass is 366 g/mol. The van der Waals surface area contributed by atoms with Crippen LogP contribution in [0.5, 0.6) is 0 Å². The minimum Gasteiger partial charge on any atom is -0.466 e. The zero-order chi connectivity index (χ0) is 18.2. The third kappa shape index (κ3) is 2.47. The summed E-state index contributed by atoms with van der Waals surface area (Å²) in [4.78, 5) is 22.4. The fourth-order valence-corrected chi connectivity index (χ4v) is 5.15. The van der Waals surface area contributed by atoms with E-state index < -0.39 is 32.8 Å². The third-order valence-electron chi connectivity index (χ3n) is 4.48. The molecule has 2 aliphatic heterocycles. The number of fused-ring (bicyclic) bond motifs is 1. The highest BCUT2D eigenvalue weighted by molar-refractivity contribution is 7.93. The van der Waals surface area contributed by atoms with Crippen molar-refractivity contribution in [3.8, 4) is 0 Å². The van der Waals surface area contributed by atoms with E-state index in [1.54, 1.807) is 18.2 Å². The minimum absolute atomic E-state index is 0.0000954. The van der Waals surface area contributed by atoms with Crippen molar-refractivity contribution in [2.24, 2.45) is 0 Å². The van der Waals surface area contributed by atoms with Gasteiger partial charge in [0.25, 0.3) is 4.93 Å². The van der Waals surface area contributed by atoms with Gasteiger partial charge in [0.2, 0.25) is 9.84 Å². The van der Waals surface area contributed by atoms with Gasteiger partial charge in [-0.2, -0.15) is 0 Å². The molecule has 8 heteroatoms. The van der Waals surface area contributed by atoms with Gasteiger partial charge in [-0.15, -0.1) is 0 Å². The zero-order valence-corrected chi connectivity index (χ0v) is 14.7. The predicted octanol–water partition coefficient (Wildman–Crippen LogP) is 1.38. The number of carbonyl (C=O) groups excluding carboxylic acids is 2. The maximum atomic E-state index is 13.3. The summed E-state index contributed by atoms with van der Waals surface area (Å²) in [6, 6.07) is 7.48. The Morgan fingerprint density at radius 1 is 1.28 bits per heavy atom. The summed E-state index contributed by atoms with van der Waals surface area (Å²) in [5, 5.41) is 0. The SMILES string of the molecule is COC(=O)C1(S(=O)(=O)c2ccccc2)OC2CCCOC(=O)C2=C1C. The molecule has 1 aromatic carbocycles. The maximum Gasteiger partial charge on any atom is 0.359 e. The summed E-state index contributed by atoms with van der Waals surface area (Å²) in [6.07, 6.45) is 0.0599. The molecule has 2 atom stereocenters. The van der Waals surface area contributed by atoms with Crippen LogP contribution in [0.15, 0.2) is 46.4 Å². The number of cyclic esters (lactones) is 1. The van der Waals surface area contributed by atoms with Gasteiger partial charge in [-0.1, -0.05) is 18.2 Å². The second-order valence-electron chi connectivity index (χ2n) is 5.85. The van der Waals surface area contributed by atoms with Crippen molar-refractivity contribution in [3.05, 3.63) is 41.5 Å². The van der Waals surface area contributed by atoms with Crippen LogP contribution >= 0.6 is 0 Å². The van der Waals surface area contributed by atoms with E-state index in [1.165, 1.54) is 19.1 Å². The lowest BCUT2D eigenvalue weighted by Crippen LogP contribution is -2.49. The zero-order valence-electron chi connectivity index (χ0n) is 13.9. The lowest BCUT2D eigenvalue weighted by molar-refractivity contribution is -0.156. The first kappa shape index (κ1) is 17.6. The number of methoxy groups -OCH3 is 1. The molecule has 3 rings (SSSR count). The number of hydrogen-bond donors (Lipinski definition) is 0. The van der Waals surface area contributed by atoms with E-state index >= 15 is 0 Å². The van der Waals surface area contributed by atoms with Gasteiger partial charge in [0, 0.05) is 0 Å². The number of benzene rings is 1. The highest BCUT2D eigenvalue weighted by Crippen LogP contribution is 2.46. The van der Waals surface area contributed by atoms with E-state index in [0.717, 1.165) is 7.11 Å². The number of hydrogen-bond acceptors (Lipinski definition) is 7. The topological polar surface area (TPSA) is 96.0 Å². The van der Waals surface area contributed by atoms with Crippen molar-refractivity contribution in [2.75, 3.05) is 13.7 Å². The van der Waals surface area contributed by atoms with E-state index in [0.29, 0.717) is 12.8 Å². The first-order valence-corrected chi connectivity index (χ1v) is 9.29. The number of rotatable bonds is 3. The molecule has 7 nitrogen and oxygen atoms in total. The molecule has 1 saturated heterocycles. The third-order valence-corrected chi connectivity index (χ3v) is 6.70. The van der Waals surface area contributed by atoms with E-state index in [4.69, 9.17) is 14.2 Å². The molecule has 0 amide bonds. The van der Waals surface area contributed by atoms with Crippen molar-refractivity contribution in [2.45, 2.75) is 35.7 Å². The molecule has 0 spiro atoms. The fraction of sp³-hybridized carbons (Fsp3) is 0.412. The lowest BCUT2D eigenvalue weighted by Gasteiger charge is -2.28. The van der Waals surface area contributed by atoms with Gasteiger partial charge >= 0.3 is 11.9 Å². The molecule has 2 unspecified atom stereocenters. The average Bonchev–Trinajstić information content (AvgIpc) is 2.80. The van der Waals surface area contributed by atoms with Gasteiger partial charge in [0.15, 0.2) is 0 Å². The molecule has 0 aromatic heterocycles. The second kappa shape index (κ2) is 6.27. The van der Waals surface area contributed by atoms with Crippen LogP contribution in [0.3, 0.4) is 0 Å². The maximum absolute atomic E-state index is 13.3. The first-order valence-electron chi connectivity index (χ1n) is 7.80. The summed E-state index contributed by atoms with van der Waals surface area (Å²) in [5.41, 5.74) is 0.0857. The normalized spacial score (nSPS) is 26.6. The van der Waals surface area contributed by atoms with Crippen LogP contribution in [0.2, 0.25) is 0 Å². The molecule has 134 valence electrons. The van der Waals surface area contributed by atoms with Gasteiger partial charge in [0.1, 0.15) is 0 Å². The lowest BCUT2D eigenvalue weighted by atomic mass is 10.0. The van der Waals surface area contributed by atoms with Crippen molar-refractivity contribution in [3.63, 3.8) is 0 Å². The molecule has 1 aromatic rings. The summed E-state index contributed by atoms with van der Waals surface area (Å²) < 4.78 is 42.2. The molecular weight excluding hydrogens is 348 g/mol. The molecule has 0 radical (unpaired) electrons. The average molecular weight is 366 g/mol. The van der Waals surface area contributed by atoms with Crippen molar-refractivity contribution < 1.29 is 32.2 Å². The standard InChI is InChI=1S/C17H18O7S/c1-11-14-13(9-6-10-23-15(14)18)24-17(11,16(19)22-2)25(20,21)12-7-4-3-5-8-12/h3-5,7-8,13H,6,9-10H2,1-2H3. The van der Waals surface area contributed by atoms with Crippen LogP contribution in [0, 0.1) is 0 Å². The second-order valence-corrected chi connectivity index (χ2v) is 7.90. The van der Waals surface area contributed by atoms with Gasteiger partial charge in [-0.05, 0) is 37.5 Å². The molecule has 1 fully saturated rings. The Labute approximate surface area is 145 Å². The number of esters is 2.